The van der Waals surface area contributed by atoms with Crippen molar-refractivity contribution in [2.45, 2.75) is 24.4 Å². The van der Waals surface area contributed by atoms with E-state index in [9.17, 15) is 14.4 Å². The molecule has 6 rings (SSSR count). The van der Waals surface area contributed by atoms with Crippen molar-refractivity contribution in [2.24, 2.45) is 11.8 Å². The van der Waals surface area contributed by atoms with E-state index in [0.29, 0.717) is 25.1 Å². The third kappa shape index (κ3) is 2.82. The fraction of sp³-hybridized carbons (Fsp3) is 0.346. The summed E-state index contributed by atoms with van der Waals surface area (Å²) in [4.78, 5) is 45.5. The number of imide groups is 1. The number of carbonyl (C=O) groups is 3. The number of hydrogen-bond acceptors (Lipinski definition) is 5. The highest BCUT2D eigenvalue weighted by molar-refractivity contribution is 6.15. The van der Waals surface area contributed by atoms with Gasteiger partial charge in [-0.2, -0.15) is 0 Å². The lowest BCUT2D eigenvalue weighted by Gasteiger charge is -2.29. The second-order valence-electron chi connectivity index (χ2n) is 9.30. The minimum absolute atomic E-state index is 0.211. The van der Waals surface area contributed by atoms with Crippen molar-refractivity contribution in [3.05, 3.63) is 65.9 Å². The van der Waals surface area contributed by atoms with Gasteiger partial charge in [0.05, 0.1) is 11.8 Å². The molecular weight excluding hydrogens is 432 g/mol. The van der Waals surface area contributed by atoms with Gasteiger partial charge in [0.2, 0.25) is 17.7 Å². The van der Waals surface area contributed by atoms with Crippen LogP contribution in [0.2, 0.25) is 0 Å². The van der Waals surface area contributed by atoms with E-state index < -0.39 is 17.4 Å². The molecule has 3 aliphatic heterocycles. The first-order valence-corrected chi connectivity index (χ1v) is 11.6. The number of benzene rings is 2. The van der Waals surface area contributed by atoms with E-state index in [1.165, 1.54) is 4.90 Å². The van der Waals surface area contributed by atoms with Crippen LogP contribution in [0.4, 0.5) is 5.69 Å². The molecule has 0 bridgehead atoms. The van der Waals surface area contributed by atoms with Gasteiger partial charge in [-0.1, -0.05) is 36.4 Å². The number of aromatic nitrogens is 1. The van der Waals surface area contributed by atoms with Crippen molar-refractivity contribution in [3.8, 4) is 0 Å². The Morgan fingerprint density at radius 2 is 1.82 bits per heavy atom. The molecule has 1 aromatic heterocycles. The summed E-state index contributed by atoms with van der Waals surface area (Å²) in [5.41, 5.74) is 2.22. The Hall–Kier alpha value is -3.49. The van der Waals surface area contributed by atoms with Crippen LogP contribution in [0.1, 0.15) is 17.5 Å². The second-order valence-corrected chi connectivity index (χ2v) is 9.30. The summed E-state index contributed by atoms with van der Waals surface area (Å²) in [5.74, 6) is -2.18. The molecule has 0 radical (unpaired) electrons. The Morgan fingerprint density at radius 3 is 2.68 bits per heavy atom. The van der Waals surface area contributed by atoms with Crippen molar-refractivity contribution in [1.29, 1.82) is 0 Å². The highest BCUT2D eigenvalue weighted by Gasteiger charge is 2.70. The zero-order chi connectivity index (χ0) is 23.4. The molecule has 3 N–H and O–H groups in total. The van der Waals surface area contributed by atoms with E-state index in [1.54, 1.807) is 7.11 Å². The molecule has 34 heavy (non-hydrogen) atoms. The van der Waals surface area contributed by atoms with E-state index in [2.05, 4.69) is 15.6 Å². The number of fused-ring (bicyclic) bond motifs is 5. The Morgan fingerprint density at radius 1 is 1.03 bits per heavy atom. The van der Waals surface area contributed by atoms with Crippen molar-refractivity contribution < 1.29 is 19.1 Å². The monoisotopic (exact) mass is 458 g/mol. The number of aromatic amines is 1. The lowest BCUT2D eigenvalue weighted by Crippen LogP contribution is -2.53. The molecule has 8 nitrogen and oxygen atoms in total. The van der Waals surface area contributed by atoms with Gasteiger partial charge in [0.15, 0.2) is 0 Å². The summed E-state index contributed by atoms with van der Waals surface area (Å²) in [6.45, 7) is 0.746. The van der Waals surface area contributed by atoms with Gasteiger partial charge in [0, 0.05) is 54.7 Å². The minimum atomic E-state index is -1.26. The molecule has 4 heterocycles. The maximum Gasteiger partial charge on any atom is 0.250 e. The van der Waals surface area contributed by atoms with Crippen molar-refractivity contribution in [1.82, 2.24) is 15.2 Å². The number of amides is 3. The molecule has 0 saturated carbocycles. The van der Waals surface area contributed by atoms with Gasteiger partial charge in [-0.15, -0.1) is 0 Å². The maximum absolute atomic E-state index is 13.7. The number of nitrogens with zero attached hydrogens (tertiary/aromatic N) is 1. The molecule has 0 aliphatic carbocycles. The van der Waals surface area contributed by atoms with E-state index in [-0.39, 0.29) is 30.3 Å². The number of carbonyl (C=O) groups excluding carboxylic acids is 3. The van der Waals surface area contributed by atoms with Crippen LogP contribution in [0.25, 0.3) is 10.9 Å². The third-order valence-corrected chi connectivity index (χ3v) is 7.56. The summed E-state index contributed by atoms with van der Waals surface area (Å²) < 4.78 is 5.13. The number of hydrogen-bond donors (Lipinski definition) is 3. The predicted molar refractivity (Wildman–Crippen MR) is 126 cm³/mol. The molecule has 3 aliphatic rings. The lowest BCUT2D eigenvalue weighted by atomic mass is 9.76. The number of H-pyrrole nitrogens is 1. The molecule has 2 fully saturated rings. The molecular formula is C26H26N4O4. The third-order valence-electron chi connectivity index (χ3n) is 7.56. The number of ether oxygens (including phenoxy) is 1. The maximum atomic E-state index is 13.7. The van der Waals surface area contributed by atoms with E-state index in [4.69, 9.17) is 4.74 Å². The van der Waals surface area contributed by atoms with Gasteiger partial charge < -0.3 is 15.0 Å². The van der Waals surface area contributed by atoms with Crippen LogP contribution in [0.3, 0.4) is 0 Å². The number of para-hydroxylation sites is 2. The molecule has 3 aromatic rings. The van der Waals surface area contributed by atoms with Gasteiger partial charge in [-0.3, -0.25) is 24.6 Å². The fourth-order valence-electron chi connectivity index (χ4n) is 6.12. The van der Waals surface area contributed by atoms with E-state index >= 15 is 0 Å². The number of rotatable bonds is 6. The smallest absolute Gasteiger partial charge is 0.250 e. The van der Waals surface area contributed by atoms with Crippen molar-refractivity contribution >= 4 is 34.3 Å². The second kappa shape index (κ2) is 7.78. The van der Waals surface area contributed by atoms with Crippen molar-refractivity contribution in [3.63, 3.8) is 0 Å². The SMILES string of the molecule is COCCCN1C(=O)[C@@H]2C(Cc3c[nH]c4ccccc34)NC3(C(=O)Nc4ccccc43)[C@@H]2C1=O. The molecule has 174 valence electrons. The standard InChI is InChI=1S/C26H26N4O4/c1-34-12-6-11-30-23(31)21-20(13-15-14-27-18-9-4-2-7-16(15)18)29-26(22(21)24(30)32)17-8-3-5-10-19(17)28-25(26)33/h2-5,7-10,14,20-22,27,29H,6,11-13H2,1H3,(H,28,33)/t20?,21-,22+,26?/m1/s1. The van der Waals surface area contributed by atoms with E-state index in [1.807, 2.05) is 54.7 Å². The van der Waals surface area contributed by atoms with Crippen LogP contribution < -0.4 is 10.6 Å². The molecule has 2 aromatic carbocycles. The Kier molecular flexibility index (Phi) is 4.82. The van der Waals surface area contributed by atoms with Crippen LogP contribution in [0.5, 0.6) is 0 Å². The first-order chi connectivity index (χ1) is 16.6. The Balaban J connectivity index is 1.43. The zero-order valence-corrected chi connectivity index (χ0v) is 18.8. The Labute approximate surface area is 196 Å². The first-order valence-electron chi connectivity index (χ1n) is 11.6. The number of methoxy groups -OCH3 is 1. The number of anilines is 1. The largest absolute Gasteiger partial charge is 0.385 e. The summed E-state index contributed by atoms with van der Waals surface area (Å²) in [7, 11) is 1.60. The topological polar surface area (TPSA) is 104 Å². The van der Waals surface area contributed by atoms with Gasteiger partial charge in [-0.25, -0.2) is 0 Å². The number of likely N-dealkylation sites (tertiary alicyclic amines) is 1. The zero-order valence-electron chi connectivity index (χ0n) is 18.8. The first kappa shape index (κ1) is 21.1. The highest BCUT2D eigenvalue weighted by atomic mass is 16.5. The van der Waals surface area contributed by atoms with Crippen LogP contribution in [0.15, 0.2) is 54.7 Å². The normalized spacial score (nSPS) is 27.6. The summed E-state index contributed by atoms with van der Waals surface area (Å²) in [5, 5.41) is 7.53. The van der Waals surface area contributed by atoms with Gasteiger partial charge in [0.25, 0.3) is 0 Å². The van der Waals surface area contributed by atoms with Crippen LogP contribution in [-0.2, 0) is 31.1 Å². The molecule has 3 amide bonds. The average Bonchev–Trinajstić information content (AvgIpc) is 3.55. The summed E-state index contributed by atoms with van der Waals surface area (Å²) in [6, 6.07) is 15.1. The lowest BCUT2D eigenvalue weighted by molar-refractivity contribution is -0.143. The number of nitrogens with one attached hydrogen (secondary N) is 3. The van der Waals surface area contributed by atoms with Gasteiger partial charge >= 0.3 is 0 Å². The van der Waals surface area contributed by atoms with Crippen LogP contribution in [-0.4, -0.2) is 53.9 Å². The predicted octanol–water partition coefficient (Wildman–Crippen LogP) is 2.17. The average molecular weight is 459 g/mol. The minimum Gasteiger partial charge on any atom is -0.385 e. The fourth-order valence-corrected chi connectivity index (χ4v) is 6.12. The Bertz CT molecular complexity index is 1320. The van der Waals surface area contributed by atoms with Crippen molar-refractivity contribution in [2.75, 3.05) is 25.6 Å². The summed E-state index contributed by atoms with van der Waals surface area (Å²) in [6.07, 6.45) is 3.03. The highest BCUT2D eigenvalue weighted by Crippen LogP contribution is 2.53. The molecule has 4 atom stereocenters. The summed E-state index contributed by atoms with van der Waals surface area (Å²) >= 11 is 0. The molecule has 8 heteroatoms. The van der Waals surface area contributed by atoms with Gasteiger partial charge in [-0.05, 0) is 30.5 Å². The quantitative estimate of drug-likeness (QED) is 0.388. The van der Waals surface area contributed by atoms with Crippen LogP contribution in [0, 0.1) is 11.8 Å². The molecule has 1 spiro atoms. The molecule has 2 unspecified atom stereocenters. The van der Waals surface area contributed by atoms with Gasteiger partial charge in [0.1, 0.15) is 5.54 Å². The van der Waals surface area contributed by atoms with Crippen LogP contribution >= 0.6 is 0 Å². The molecule has 2 saturated heterocycles. The van der Waals surface area contributed by atoms with E-state index in [0.717, 1.165) is 22.0 Å².